The Morgan fingerprint density at radius 2 is 1.90 bits per heavy atom. The van der Waals surface area contributed by atoms with Crippen LogP contribution < -0.4 is 10.6 Å². The maximum Gasteiger partial charge on any atom is 0.309 e. The van der Waals surface area contributed by atoms with Gasteiger partial charge in [-0.3, -0.25) is 9.59 Å². The summed E-state index contributed by atoms with van der Waals surface area (Å²) in [5, 5.41) is 5.05. The van der Waals surface area contributed by atoms with Gasteiger partial charge in [-0.1, -0.05) is 26.0 Å². The number of hydrogen-bond donors (Lipinski definition) is 2. The summed E-state index contributed by atoms with van der Waals surface area (Å²) in [7, 11) is -3.80. The van der Waals surface area contributed by atoms with E-state index >= 15 is 0 Å². The molecule has 29 heavy (non-hydrogen) atoms. The maximum atomic E-state index is 13.2. The van der Waals surface area contributed by atoms with Crippen LogP contribution in [0.1, 0.15) is 37.8 Å². The summed E-state index contributed by atoms with van der Waals surface area (Å²) in [6.45, 7) is 8.62. The number of ether oxygens (including phenoxy) is 1. The SMILES string of the molecule is Cc1ccc(C)c(S(=O)(=O)N2CCCO[C@H]2CNC(=O)C(=O)NCCC(C)C)c1. The van der Waals surface area contributed by atoms with Gasteiger partial charge in [-0.05, 0) is 49.8 Å². The van der Waals surface area contributed by atoms with E-state index in [1.165, 1.54) is 4.31 Å². The number of rotatable bonds is 7. The quantitative estimate of drug-likeness (QED) is 0.641. The molecule has 1 heterocycles. The van der Waals surface area contributed by atoms with Crippen molar-refractivity contribution in [2.24, 2.45) is 5.92 Å². The summed E-state index contributed by atoms with van der Waals surface area (Å²) in [6.07, 6.45) is 0.470. The molecule has 9 heteroatoms. The van der Waals surface area contributed by atoms with Crippen molar-refractivity contribution < 1.29 is 22.7 Å². The molecule has 1 fully saturated rings. The van der Waals surface area contributed by atoms with Gasteiger partial charge in [0.2, 0.25) is 10.0 Å². The lowest BCUT2D eigenvalue weighted by atomic mass is 10.1. The highest BCUT2D eigenvalue weighted by Crippen LogP contribution is 2.25. The van der Waals surface area contributed by atoms with Crippen LogP contribution in [-0.4, -0.2) is 57.0 Å². The summed E-state index contributed by atoms with van der Waals surface area (Å²) in [4.78, 5) is 24.2. The molecule has 0 unspecified atom stereocenters. The Morgan fingerprint density at radius 3 is 2.59 bits per heavy atom. The molecule has 0 bridgehead atoms. The molecular formula is C20H31N3O5S. The van der Waals surface area contributed by atoms with E-state index in [-0.39, 0.29) is 18.0 Å². The van der Waals surface area contributed by atoms with Gasteiger partial charge in [0, 0.05) is 13.1 Å². The monoisotopic (exact) mass is 425 g/mol. The number of benzene rings is 1. The molecule has 1 aromatic carbocycles. The Labute approximate surface area is 173 Å². The van der Waals surface area contributed by atoms with Gasteiger partial charge in [-0.15, -0.1) is 0 Å². The number of hydrogen-bond acceptors (Lipinski definition) is 5. The predicted molar refractivity (Wildman–Crippen MR) is 110 cm³/mol. The second-order valence-electron chi connectivity index (χ2n) is 7.71. The number of sulfonamides is 1. The normalized spacial score (nSPS) is 17.9. The molecule has 1 saturated heterocycles. The van der Waals surface area contributed by atoms with Gasteiger partial charge in [-0.25, -0.2) is 8.42 Å². The highest BCUT2D eigenvalue weighted by atomic mass is 32.2. The molecule has 0 radical (unpaired) electrons. The number of nitrogens with zero attached hydrogens (tertiary/aromatic N) is 1. The third-order valence-corrected chi connectivity index (χ3v) is 6.77. The first-order valence-electron chi connectivity index (χ1n) is 9.89. The largest absolute Gasteiger partial charge is 0.360 e. The van der Waals surface area contributed by atoms with Crippen LogP contribution in [0.3, 0.4) is 0 Å². The van der Waals surface area contributed by atoms with Crippen LogP contribution in [0, 0.1) is 19.8 Å². The third-order valence-electron chi connectivity index (χ3n) is 4.74. The summed E-state index contributed by atoms with van der Waals surface area (Å²) >= 11 is 0. The van der Waals surface area contributed by atoms with Gasteiger partial charge in [0.15, 0.2) is 0 Å². The van der Waals surface area contributed by atoms with Crippen molar-refractivity contribution in [2.45, 2.75) is 51.7 Å². The van der Waals surface area contributed by atoms with Crippen molar-refractivity contribution in [2.75, 3.05) is 26.2 Å². The molecule has 2 rings (SSSR count). The van der Waals surface area contributed by atoms with Crippen molar-refractivity contribution in [1.29, 1.82) is 0 Å². The molecule has 0 aliphatic carbocycles. The van der Waals surface area contributed by atoms with Crippen LogP contribution >= 0.6 is 0 Å². The smallest absolute Gasteiger partial charge is 0.309 e. The van der Waals surface area contributed by atoms with Crippen LogP contribution in [0.15, 0.2) is 23.1 Å². The van der Waals surface area contributed by atoms with Crippen LogP contribution in [0.5, 0.6) is 0 Å². The molecule has 1 atom stereocenters. The van der Waals surface area contributed by atoms with Crippen molar-refractivity contribution in [1.82, 2.24) is 14.9 Å². The summed E-state index contributed by atoms with van der Waals surface area (Å²) < 4.78 is 33.3. The third kappa shape index (κ3) is 6.25. The van der Waals surface area contributed by atoms with Crippen molar-refractivity contribution in [3.05, 3.63) is 29.3 Å². The van der Waals surface area contributed by atoms with Gasteiger partial charge >= 0.3 is 11.8 Å². The van der Waals surface area contributed by atoms with E-state index in [1.807, 2.05) is 26.8 Å². The van der Waals surface area contributed by atoms with Crippen molar-refractivity contribution in [3.8, 4) is 0 Å². The average molecular weight is 426 g/mol. The Morgan fingerprint density at radius 1 is 1.21 bits per heavy atom. The van der Waals surface area contributed by atoms with E-state index in [0.29, 0.717) is 31.1 Å². The first-order chi connectivity index (χ1) is 13.6. The molecule has 0 saturated carbocycles. The van der Waals surface area contributed by atoms with E-state index < -0.39 is 28.1 Å². The molecule has 1 aromatic rings. The topological polar surface area (TPSA) is 105 Å². The maximum absolute atomic E-state index is 13.2. The van der Waals surface area contributed by atoms with Crippen LogP contribution in [0.25, 0.3) is 0 Å². The van der Waals surface area contributed by atoms with Crippen LogP contribution in [0.2, 0.25) is 0 Å². The lowest BCUT2D eigenvalue weighted by Gasteiger charge is -2.35. The van der Waals surface area contributed by atoms with Gasteiger partial charge in [0.1, 0.15) is 6.23 Å². The summed E-state index contributed by atoms with van der Waals surface area (Å²) in [5.74, 6) is -1.12. The molecular weight excluding hydrogens is 394 g/mol. The van der Waals surface area contributed by atoms with Gasteiger partial charge < -0.3 is 15.4 Å². The Balaban J connectivity index is 2.05. The predicted octanol–water partition coefficient (Wildman–Crippen LogP) is 1.32. The van der Waals surface area contributed by atoms with E-state index in [0.717, 1.165) is 12.0 Å². The lowest BCUT2D eigenvalue weighted by molar-refractivity contribution is -0.140. The minimum absolute atomic E-state index is 0.0967. The van der Waals surface area contributed by atoms with Gasteiger partial charge in [0.25, 0.3) is 0 Å². The molecule has 0 spiro atoms. The number of carbonyl (C=O) groups excluding carboxylic acids is 2. The second kappa shape index (κ2) is 10.2. The van der Waals surface area contributed by atoms with Crippen LogP contribution in [0.4, 0.5) is 0 Å². The van der Waals surface area contributed by atoms with Gasteiger partial charge in [-0.2, -0.15) is 4.31 Å². The molecule has 162 valence electrons. The van der Waals surface area contributed by atoms with Crippen molar-refractivity contribution >= 4 is 21.8 Å². The van der Waals surface area contributed by atoms with Crippen LogP contribution in [-0.2, 0) is 24.3 Å². The zero-order valence-electron chi connectivity index (χ0n) is 17.5. The lowest BCUT2D eigenvalue weighted by Crippen LogP contribution is -2.53. The minimum Gasteiger partial charge on any atom is -0.360 e. The fourth-order valence-electron chi connectivity index (χ4n) is 3.03. The molecule has 2 N–H and O–H groups in total. The average Bonchev–Trinajstić information content (AvgIpc) is 2.67. The zero-order chi connectivity index (χ0) is 21.6. The Hall–Kier alpha value is -1.97. The first kappa shape index (κ1) is 23.3. The summed E-state index contributed by atoms with van der Waals surface area (Å²) in [5.41, 5.74) is 1.49. The van der Waals surface area contributed by atoms with E-state index in [1.54, 1.807) is 19.1 Å². The van der Waals surface area contributed by atoms with Gasteiger partial charge in [0.05, 0.1) is 18.0 Å². The minimum atomic E-state index is -3.80. The second-order valence-corrected chi connectivity index (χ2v) is 9.57. The number of nitrogens with one attached hydrogen (secondary N) is 2. The fourth-order valence-corrected chi connectivity index (χ4v) is 4.91. The molecule has 2 amide bonds. The number of amides is 2. The highest BCUT2D eigenvalue weighted by molar-refractivity contribution is 7.89. The number of aryl methyl sites for hydroxylation is 2. The first-order valence-corrected chi connectivity index (χ1v) is 11.3. The van der Waals surface area contributed by atoms with Crippen molar-refractivity contribution in [3.63, 3.8) is 0 Å². The molecule has 8 nitrogen and oxygen atoms in total. The Kier molecular flexibility index (Phi) is 8.18. The fraction of sp³-hybridized carbons (Fsp3) is 0.600. The standard InChI is InChI=1S/C20H31N3O5S/c1-14(2)8-9-21-19(24)20(25)22-13-18-23(10-5-11-28-18)29(26,27)17-12-15(3)6-7-16(17)4/h6-7,12,14,18H,5,8-11,13H2,1-4H3,(H,21,24)(H,22,25)/t18-/m0/s1. The van der Waals surface area contributed by atoms with E-state index in [2.05, 4.69) is 10.6 Å². The highest BCUT2D eigenvalue weighted by Gasteiger charge is 2.35. The number of carbonyl (C=O) groups is 2. The van der Waals surface area contributed by atoms with E-state index in [9.17, 15) is 18.0 Å². The molecule has 1 aliphatic rings. The zero-order valence-corrected chi connectivity index (χ0v) is 18.3. The summed E-state index contributed by atoms with van der Waals surface area (Å²) in [6, 6.07) is 5.26. The molecule has 1 aliphatic heterocycles. The Bertz CT molecular complexity index is 839. The molecule has 0 aromatic heterocycles. The van der Waals surface area contributed by atoms with E-state index in [4.69, 9.17) is 4.74 Å².